The largest absolute Gasteiger partial charge is 0.275 e. The predicted molar refractivity (Wildman–Crippen MR) is 63.7 cm³/mol. The van der Waals surface area contributed by atoms with Crippen molar-refractivity contribution in [2.24, 2.45) is 0 Å². The van der Waals surface area contributed by atoms with E-state index in [4.69, 9.17) is 0 Å². The molecule has 2 nitrogen and oxygen atoms in total. The molecule has 2 rings (SSSR count). The number of hydrogen-bond acceptors (Lipinski definition) is 4. The number of aryl methyl sites for hydroxylation is 1. The first kappa shape index (κ1) is 10.4. The average Bonchev–Trinajstić information content (AvgIpc) is 2.25. The van der Waals surface area contributed by atoms with Crippen molar-refractivity contribution in [2.45, 2.75) is 16.8 Å². The van der Waals surface area contributed by atoms with Crippen LogP contribution in [-0.2, 0) is 0 Å². The summed E-state index contributed by atoms with van der Waals surface area (Å²) >= 11 is 2.62. The first-order chi connectivity index (χ1) is 7.25. The highest BCUT2D eigenvalue weighted by molar-refractivity contribution is 7.99. The van der Waals surface area contributed by atoms with Crippen molar-refractivity contribution < 1.29 is 0 Å². The van der Waals surface area contributed by atoms with Gasteiger partial charge in [-0.2, -0.15) is 0 Å². The quantitative estimate of drug-likeness (QED) is 0.801. The van der Waals surface area contributed by atoms with E-state index in [9.17, 15) is 4.79 Å². The molecule has 0 saturated carbocycles. The average molecular weight is 235 g/mol. The molecule has 2 aromatic rings. The molecule has 0 bridgehead atoms. The molecule has 0 aliphatic heterocycles. The van der Waals surface area contributed by atoms with Gasteiger partial charge in [0.1, 0.15) is 0 Å². The smallest absolute Gasteiger partial charge is 0.264 e. The molecular formula is C11H9NOS2. The van der Waals surface area contributed by atoms with Gasteiger partial charge in [0.05, 0.1) is 0 Å². The highest BCUT2D eigenvalue weighted by Gasteiger charge is 2.03. The van der Waals surface area contributed by atoms with Crippen LogP contribution in [0, 0.1) is 6.92 Å². The van der Waals surface area contributed by atoms with Crippen molar-refractivity contribution in [3.63, 3.8) is 0 Å². The van der Waals surface area contributed by atoms with E-state index in [2.05, 4.69) is 4.98 Å². The molecule has 76 valence electrons. The van der Waals surface area contributed by atoms with Gasteiger partial charge < -0.3 is 0 Å². The predicted octanol–water partition coefficient (Wildman–Crippen LogP) is 2.96. The van der Waals surface area contributed by atoms with Crippen LogP contribution in [0.2, 0.25) is 0 Å². The van der Waals surface area contributed by atoms with E-state index < -0.39 is 0 Å². The molecule has 1 aromatic heterocycles. The van der Waals surface area contributed by atoms with Crippen LogP contribution in [0.3, 0.4) is 0 Å². The maximum absolute atomic E-state index is 11.5. The number of hydrogen-bond donors (Lipinski definition) is 0. The van der Waals surface area contributed by atoms with Crippen molar-refractivity contribution in [1.82, 2.24) is 4.98 Å². The summed E-state index contributed by atoms with van der Waals surface area (Å²) in [7, 11) is 0. The summed E-state index contributed by atoms with van der Waals surface area (Å²) in [6.07, 6.45) is 0. The zero-order valence-corrected chi connectivity index (χ0v) is 9.77. The van der Waals surface area contributed by atoms with E-state index in [1.807, 2.05) is 37.3 Å². The summed E-state index contributed by atoms with van der Waals surface area (Å²) in [6.45, 7) is 1.89. The van der Waals surface area contributed by atoms with Crippen LogP contribution < -0.4 is 4.74 Å². The van der Waals surface area contributed by atoms with Crippen molar-refractivity contribution >= 4 is 23.1 Å². The molecule has 0 fully saturated rings. The van der Waals surface area contributed by atoms with E-state index in [0.717, 1.165) is 10.6 Å². The summed E-state index contributed by atoms with van der Waals surface area (Å²) in [5.41, 5.74) is 0.887. The summed E-state index contributed by atoms with van der Waals surface area (Å²) < 4.78 is 0.0226. The lowest BCUT2D eigenvalue weighted by molar-refractivity contribution is 1.07. The fourth-order valence-corrected chi connectivity index (χ4v) is 2.62. The third kappa shape index (κ3) is 2.67. The van der Waals surface area contributed by atoms with Crippen molar-refractivity contribution in [3.05, 3.63) is 50.9 Å². The van der Waals surface area contributed by atoms with E-state index in [1.54, 1.807) is 5.38 Å². The molecule has 0 spiro atoms. The van der Waals surface area contributed by atoms with Crippen LogP contribution in [0.4, 0.5) is 0 Å². The second-order valence-corrected chi connectivity index (χ2v) is 4.90. The second kappa shape index (κ2) is 4.59. The van der Waals surface area contributed by atoms with Gasteiger partial charge in [0.15, 0.2) is 5.03 Å². The summed E-state index contributed by atoms with van der Waals surface area (Å²) in [6, 6.07) is 9.80. The summed E-state index contributed by atoms with van der Waals surface area (Å²) in [5.74, 6) is 0. The van der Waals surface area contributed by atoms with Crippen LogP contribution >= 0.6 is 23.1 Å². The molecule has 0 saturated heterocycles. The fraction of sp³-hybridized carbons (Fsp3) is 0.0909. The van der Waals surface area contributed by atoms with Gasteiger partial charge in [-0.15, -0.1) is 0 Å². The SMILES string of the molecule is Cc1csc(=O)c(Sc2ccccc2)n1. The van der Waals surface area contributed by atoms with Gasteiger partial charge in [0, 0.05) is 16.0 Å². The van der Waals surface area contributed by atoms with E-state index in [1.165, 1.54) is 23.1 Å². The lowest BCUT2D eigenvalue weighted by Gasteiger charge is -1.99. The third-order valence-corrected chi connectivity index (χ3v) is 3.72. The van der Waals surface area contributed by atoms with Gasteiger partial charge >= 0.3 is 0 Å². The summed E-state index contributed by atoms with van der Waals surface area (Å²) in [5, 5.41) is 2.34. The van der Waals surface area contributed by atoms with E-state index in [-0.39, 0.29) is 4.74 Å². The molecule has 0 unspecified atom stereocenters. The third-order valence-electron chi connectivity index (χ3n) is 1.75. The van der Waals surface area contributed by atoms with Gasteiger partial charge in [-0.1, -0.05) is 41.3 Å². The Balaban J connectivity index is 2.32. The molecule has 0 radical (unpaired) electrons. The Hall–Kier alpha value is -1.13. The number of benzene rings is 1. The lowest BCUT2D eigenvalue weighted by Crippen LogP contribution is -2.01. The van der Waals surface area contributed by atoms with Gasteiger partial charge in [-0.05, 0) is 19.1 Å². The highest BCUT2D eigenvalue weighted by Crippen LogP contribution is 2.23. The van der Waals surface area contributed by atoms with Crippen molar-refractivity contribution in [2.75, 3.05) is 0 Å². The minimum Gasteiger partial charge on any atom is -0.275 e. The normalized spacial score (nSPS) is 10.2. The number of nitrogens with zero attached hydrogens (tertiary/aromatic N) is 1. The Morgan fingerprint density at radius 2 is 2.00 bits per heavy atom. The van der Waals surface area contributed by atoms with Crippen LogP contribution in [0.25, 0.3) is 0 Å². The Morgan fingerprint density at radius 1 is 1.27 bits per heavy atom. The first-order valence-corrected chi connectivity index (χ1v) is 6.14. The van der Waals surface area contributed by atoms with Crippen molar-refractivity contribution in [3.8, 4) is 0 Å². The minimum atomic E-state index is 0.0226. The second-order valence-electron chi connectivity index (χ2n) is 3.00. The molecule has 0 aliphatic rings. The number of rotatable bonds is 2. The molecule has 1 aromatic carbocycles. The van der Waals surface area contributed by atoms with Crippen LogP contribution in [0.15, 0.2) is 50.4 Å². The maximum atomic E-state index is 11.5. The summed E-state index contributed by atoms with van der Waals surface area (Å²) in [4.78, 5) is 16.8. The monoisotopic (exact) mass is 235 g/mol. The zero-order valence-electron chi connectivity index (χ0n) is 8.14. The minimum absolute atomic E-state index is 0.0226. The molecule has 0 N–H and O–H groups in total. The topological polar surface area (TPSA) is 30.0 Å². The lowest BCUT2D eigenvalue weighted by atomic mass is 10.4. The molecule has 15 heavy (non-hydrogen) atoms. The molecule has 4 heteroatoms. The maximum Gasteiger partial charge on any atom is 0.264 e. The first-order valence-electron chi connectivity index (χ1n) is 4.45. The molecule has 1 heterocycles. The van der Waals surface area contributed by atoms with E-state index >= 15 is 0 Å². The Labute approximate surface area is 96.0 Å². The Kier molecular flexibility index (Phi) is 3.18. The zero-order chi connectivity index (χ0) is 10.7. The molecular weight excluding hydrogens is 226 g/mol. The fourth-order valence-electron chi connectivity index (χ4n) is 1.09. The highest BCUT2D eigenvalue weighted by atomic mass is 32.2. The van der Waals surface area contributed by atoms with Gasteiger partial charge in [0.25, 0.3) is 4.74 Å². The molecule has 0 aliphatic carbocycles. The molecule has 0 amide bonds. The van der Waals surface area contributed by atoms with Crippen LogP contribution in [0.5, 0.6) is 0 Å². The van der Waals surface area contributed by atoms with Crippen LogP contribution in [-0.4, -0.2) is 4.98 Å². The van der Waals surface area contributed by atoms with Gasteiger partial charge in [0.2, 0.25) is 0 Å². The van der Waals surface area contributed by atoms with Gasteiger partial charge in [-0.25, -0.2) is 4.98 Å². The standard InChI is InChI=1S/C11H9NOS2/c1-8-7-14-11(13)10(12-8)15-9-5-3-2-4-6-9/h2-7H,1H3. The Bertz CT molecular complexity index is 507. The van der Waals surface area contributed by atoms with Gasteiger partial charge in [-0.3, -0.25) is 4.79 Å². The van der Waals surface area contributed by atoms with Crippen LogP contribution in [0.1, 0.15) is 5.69 Å². The molecule has 0 atom stereocenters. The Morgan fingerprint density at radius 3 is 2.73 bits per heavy atom. The van der Waals surface area contributed by atoms with Crippen molar-refractivity contribution in [1.29, 1.82) is 0 Å². The number of aromatic nitrogens is 1. The van der Waals surface area contributed by atoms with E-state index in [0.29, 0.717) is 5.03 Å².